The summed E-state index contributed by atoms with van der Waals surface area (Å²) in [6.45, 7) is 0.963. The summed E-state index contributed by atoms with van der Waals surface area (Å²) in [4.78, 5) is 27.6. The normalized spacial score (nSPS) is 10.9. The number of hydrogen-bond donors (Lipinski definition) is 2. The number of aryl methyl sites for hydroxylation is 1. The number of aromatic nitrogens is 3. The van der Waals surface area contributed by atoms with Gasteiger partial charge in [0.25, 0.3) is 5.56 Å². The SMILES string of the molecule is COc1ccc(-c2ccc(=O)n(CCCC(=O)NCCc3c[nH]c4ccccc34)n2)cc1. The molecule has 2 heterocycles. The first kappa shape index (κ1) is 21.4. The van der Waals surface area contributed by atoms with Gasteiger partial charge in [-0.3, -0.25) is 9.59 Å². The van der Waals surface area contributed by atoms with Crippen LogP contribution in [0.3, 0.4) is 0 Å². The fourth-order valence-electron chi connectivity index (χ4n) is 3.68. The standard InChI is InChI=1S/C25H26N4O3/c1-32-20-10-8-18(9-11-20)22-12-13-25(31)29(28-22)16-4-7-24(30)26-15-14-19-17-27-23-6-3-2-5-21(19)23/h2-3,5-6,8-13,17,27H,4,7,14-16H2,1H3,(H,26,30). The second-order valence-electron chi connectivity index (χ2n) is 7.57. The average molecular weight is 431 g/mol. The van der Waals surface area contributed by atoms with Gasteiger partial charge in [0, 0.05) is 48.2 Å². The molecule has 0 fully saturated rings. The molecule has 0 atom stereocenters. The van der Waals surface area contributed by atoms with E-state index < -0.39 is 0 Å². The number of amides is 1. The van der Waals surface area contributed by atoms with Crippen LogP contribution in [0, 0.1) is 0 Å². The van der Waals surface area contributed by atoms with E-state index in [1.165, 1.54) is 21.7 Å². The van der Waals surface area contributed by atoms with E-state index in [0.717, 1.165) is 23.3 Å². The first-order chi connectivity index (χ1) is 15.6. The largest absolute Gasteiger partial charge is 0.497 e. The van der Waals surface area contributed by atoms with Gasteiger partial charge in [0.2, 0.25) is 5.91 Å². The van der Waals surface area contributed by atoms with Crippen LogP contribution in [-0.2, 0) is 17.8 Å². The number of H-pyrrole nitrogens is 1. The highest BCUT2D eigenvalue weighted by Gasteiger charge is 2.07. The summed E-state index contributed by atoms with van der Waals surface area (Å²) in [6.07, 6.45) is 3.64. The van der Waals surface area contributed by atoms with Crippen molar-refractivity contribution in [2.24, 2.45) is 0 Å². The molecule has 164 valence electrons. The molecule has 2 aromatic heterocycles. The number of benzene rings is 2. The molecule has 2 aromatic carbocycles. The molecule has 0 aliphatic carbocycles. The molecule has 7 heteroatoms. The number of hydrogen-bond acceptors (Lipinski definition) is 4. The zero-order valence-corrected chi connectivity index (χ0v) is 18.0. The third kappa shape index (κ3) is 5.06. The number of carbonyl (C=O) groups excluding carboxylic acids is 1. The number of fused-ring (bicyclic) bond motifs is 1. The zero-order chi connectivity index (χ0) is 22.3. The van der Waals surface area contributed by atoms with Crippen molar-refractivity contribution in [2.75, 3.05) is 13.7 Å². The quantitative estimate of drug-likeness (QED) is 0.425. The fraction of sp³-hybridized carbons (Fsp3) is 0.240. The van der Waals surface area contributed by atoms with E-state index in [1.807, 2.05) is 48.7 Å². The number of rotatable bonds is 9. The molecule has 0 spiro atoms. The van der Waals surface area contributed by atoms with E-state index >= 15 is 0 Å². The maximum absolute atomic E-state index is 12.2. The molecule has 32 heavy (non-hydrogen) atoms. The molecular formula is C25H26N4O3. The molecule has 4 rings (SSSR count). The minimum Gasteiger partial charge on any atom is -0.497 e. The highest BCUT2D eigenvalue weighted by molar-refractivity contribution is 5.83. The maximum atomic E-state index is 12.2. The van der Waals surface area contributed by atoms with Gasteiger partial charge >= 0.3 is 0 Å². The second kappa shape index (κ2) is 9.96. The Hall–Kier alpha value is -3.87. The Morgan fingerprint density at radius 2 is 1.91 bits per heavy atom. The summed E-state index contributed by atoms with van der Waals surface area (Å²) in [7, 11) is 1.62. The van der Waals surface area contributed by atoms with Crippen LogP contribution < -0.4 is 15.6 Å². The maximum Gasteiger partial charge on any atom is 0.266 e. The third-order valence-electron chi connectivity index (χ3n) is 5.42. The van der Waals surface area contributed by atoms with E-state index in [2.05, 4.69) is 21.5 Å². The highest BCUT2D eigenvalue weighted by Crippen LogP contribution is 2.20. The number of carbonyl (C=O) groups is 1. The van der Waals surface area contributed by atoms with Crippen molar-refractivity contribution in [3.8, 4) is 17.0 Å². The lowest BCUT2D eigenvalue weighted by molar-refractivity contribution is -0.121. The van der Waals surface area contributed by atoms with Crippen LogP contribution in [0.25, 0.3) is 22.2 Å². The first-order valence-corrected chi connectivity index (χ1v) is 10.7. The minimum absolute atomic E-state index is 0.0239. The Balaban J connectivity index is 1.27. The molecule has 0 saturated carbocycles. The van der Waals surface area contributed by atoms with Crippen molar-refractivity contribution in [1.29, 1.82) is 0 Å². The van der Waals surface area contributed by atoms with Gasteiger partial charge in [0.15, 0.2) is 0 Å². The van der Waals surface area contributed by atoms with Crippen LogP contribution in [0.4, 0.5) is 0 Å². The van der Waals surface area contributed by atoms with Gasteiger partial charge in [0.05, 0.1) is 12.8 Å². The Bertz CT molecular complexity index is 1260. The molecule has 4 aromatic rings. The van der Waals surface area contributed by atoms with Gasteiger partial charge in [0.1, 0.15) is 5.75 Å². The molecular weight excluding hydrogens is 404 g/mol. The van der Waals surface area contributed by atoms with E-state index in [1.54, 1.807) is 13.2 Å². The summed E-state index contributed by atoms with van der Waals surface area (Å²) in [5.74, 6) is 0.738. The van der Waals surface area contributed by atoms with E-state index in [9.17, 15) is 9.59 Å². The van der Waals surface area contributed by atoms with E-state index in [0.29, 0.717) is 31.6 Å². The average Bonchev–Trinajstić information content (AvgIpc) is 3.23. The molecule has 0 radical (unpaired) electrons. The third-order valence-corrected chi connectivity index (χ3v) is 5.42. The predicted molar refractivity (Wildman–Crippen MR) is 125 cm³/mol. The minimum atomic E-state index is -0.179. The van der Waals surface area contributed by atoms with Crippen molar-refractivity contribution < 1.29 is 9.53 Å². The predicted octanol–water partition coefficient (Wildman–Crippen LogP) is 3.54. The van der Waals surface area contributed by atoms with Crippen molar-refractivity contribution in [3.63, 3.8) is 0 Å². The van der Waals surface area contributed by atoms with Crippen molar-refractivity contribution in [3.05, 3.63) is 82.8 Å². The number of aromatic amines is 1. The van der Waals surface area contributed by atoms with Crippen LogP contribution in [0.1, 0.15) is 18.4 Å². The fourth-order valence-corrected chi connectivity index (χ4v) is 3.68. The van der Waals surface area contributed by atoms with E-state index in [4.69, 9.17) is 4.74 Å². The zero-order valence-electron chi connectivity index (χ0n) is 18.0. The Kier molecular flexibility index (Phi) is 6.65. The van der Waals surface area contributed by atoms with Crippen molar-refractivity contribution in [2.45, 2.75) is 25.8 Å². The summed E-state index contributed by atoms with van der Waals surface area (Å²) in [5, 5.41) is 8.59. The smallest absolute Gasteiger partial charge is 0.266 e. The second-order valence-corrected chi connectivity index (χ2v) is 7.57. The van der Waals surface area contributed by atoms with Crippen LogP contribution >= 0.6 is 0 Å². The summed E-state index contributed by atoms with van der Waals surface area (Å²) >= 11 is 0. The van der Waals surface area contributed by atoms with Crippen molar-refractivity contribution >= 4 is 16.8 Å². The number of para-hydroxylation sites is 1. The van der Waals surface area contributed by atoms with Gasteiger partial charge in [-0.1, -0.05) is 18.2 Å². The van der Waals surface area contributed by atoms with Gasteiger partial charge in [-0.15, -0.1) is 0 Å². The molecule has 0 saturated heterocycles. The lowest BCUT2D eigenvalue weighted by Gasteiger charge is -2.08. The monoisotopic (exact) mass is 430 g/mol. The van der Waals surface area contributed by atoms with Crippen LogP contribution in [0.15, 0.2) is 71.7 Å². The topological polar surface area (TPSA) is 89.0 Å². The molecule has 0 aliphatic heterocycles. The molecule has 7 nitrogen and oxygen atoms in total. The number of nitrogens with one attached hydrogen (secondary N) is 2. The molecule has 1 amide bonds. The lowest BCUT2D eigenvalue weighted by Crippen LogP contribution is -2.27. The van der Waals surface area contributed by atoms with Gasteiger partial charge in [-0.2, -0.15) is 5.10 Å². The number of methoxy groups -OCH3 is 1. The Morgan fingerprint density at radius 1 is 1.09 bits per heavy atom. The summed E-state index contributed by atoms with van der Waals surface area (Å²) in [5.41, 5.74) is 3.71. The van der Waals surface area contributed by atoms with Gasteiger partial charge in [-0.25, -0.2) is 4.68 Å². The number of nitrogens with zero attached hydrogens (tertiary/aromatic N) is 2. The Morgan fingerprint density at radius 3 is 2.72 bits per heavy atom. The molecule has 0 aliphatic rings. The molecule has 0 bridgehead atoms. The van der Waals surface area contributed by atoms with Crippen LogP contribution in [-0.4, -0.2) is 34.3 Å². The highest BCUT2D eigenvalue weighted by atomic mass is 16.5. The summed E-state index contributed by atoms with van der Waals surface area (Å²) < 4.78 is 6.59. The van der Waals surface area contributed by atoms with Gasteiger partial charge in [-0.05, 0) is 54.8 Å². The summed E-state index contributed by atoms with van der Waals surface area (Å²) in [6, 6.07) is 18.8. The Labute approximate surface area is 186 Å². The number of ether oxygens (including phenoxy) is 1. The van der Waals surface area contributed by atoms with Crippen LogP contribution in [0.2, 0.25) is 0 Å². The van der Waals surface area contributed by atoms with Crippen LogP contribution in [0.5, 0.6) is 5.75 Å². The molecule has 2 N–H and O–H groups in total. The first-order valence-electron chi connectivity index (χ1n) is 10.7. The lowest BCUT2D eigenvalue weighted by atomic mass is 10.1. The van der Waals surface area contributed by atoms with Crippen molar-refractivity contribution in [1.82, 2.24) is 20.1 Å². The van der Waals surface area contributed by atoms with E-state index in [-0.39, 0.29) is 11.5 Å². The molecule has 0 unspecified atom stereocenters. The van der Waals surface area contributed by atoms with Gasteiger partial charge < -0.3 is 15.0 Å².